The summed E-state index contributed by atoms with van der Waals surface area (Å²) in [5, 5.41) is 4.76. The minimum atomic E-state index is -0.232. The molecule has 18 heavy (non-hydrogen) atoms. The number of rotatable bonds is 3. The van der Waals surface area contributed by atoms with Gasteiger partial charge in [-0.2, -0.15) is 5.10 Å². The van der Waals surface area contributed by atoms with Crippen molar-refractivity contribution in [1.29, 1.82) is 0 Å². The van der Waals surface area contributed by atoms with E-state index in [1.165, 1.54) is 24.2 Å². The Hall–Kier alpha value is -1.40. The number of hydrogen-bond donors (Lipinski definition) is 1. The summed E-state index contributed by atoms with van der Waals surface area (Å²) in [4.78, 5) is 5.06. The van der Waals surface area contributed by atoms with Crippen molar-refractivity contribution in [3.8, 4) is 0 Å². The molecule has 0 radical (unpaired) electrons. The Kier molecular flexibility index (Phi) is 3.68. The second kappa shape index (κ2) is 5.07. The Morgan fingerprint density at radius 2 is 2.17 bits per heavy atom. The SMILES string of the molecule is Cc1cc(Sc2ncnn2C)c([C@@H](C)N)cc1F. The van der Waals surface area contributed by atoms with Crippen LogP contribution in [0.15, 0.2) is 28.5 Å². The normalized spacial score (nSPS) is 12.7. The molecule has 1 heterocycles. The third-order valence-corrected chi connectivity index (χ3v) is 3.78. The number of aryl methyl sites for hydroxylation is 2. The predicted molar refractivity (Wildman–Crippen MR) is 68.9 cm³/mol. The second-order valence-electron chi connectivity index (χ2n) is 4.20. The molecule has 2 rings (SSSR count). The van der Waals surface area contributed by atoms with Gasteiger partial charge in [0, 0.05) is 18.0 Å². The van der Waals surface area contributed by atoms with Gasteiger partial charge in [-0.25, -0.2) is 14.1 Å². The van der Waals surface area contributed by atoms with Crippen LogP contribution >= 0.6 is 11.8 Å². The zero-order chi connectivity index (χ0) is 13.3. The van der Waals surface area contributed by atoms with E-state index in [9.17, 15) is 4.39 Å². The number of benzene rings is 1. The Balaban J connectivity index is 2.43. The molecular formula is C12H15FN4S. The first-order valence-electron chi connectivity index (χ1n) is 5.56. The molecule has 96 valence electrons. The summed E-state index contributed by atoms with van der Waals surface area (Å²) in [5.41, 5.74) is 7.26. The quantitative estimate of drug-likeness (QED) is 0.927. The molecule has 0 saturated heterocycles. The molecule has 0 bridgehead atoms. The van der Waals surface area contributed by atoms with Gasteiger partial charge in [0.1, 0.15) is 12.1 Å². The van der Waals surface area contributed by atoms with Crippen molar-refractivity contribution in [3.63, 3.8) is 0 Å². The average molecular weight is 266 g/mol. The molecule has 0 fully saturated rings. The first-order chi connectivity index (χ1) is 8.49. The molecular weight excluding hydrogens is 251 g/mol. The zero-order valence-electron chi connectivity index (χ0n) is 10.5. The molecule has 0 spiro atoms. The summed E-state index contributed by atoms with van der Waals surface area (Å²) < 4.78 is 15.3. The summed E-state index contributed by atoms with van der Waals surface area (Å²) in [6.45, 7) is 3.58. The fraction of sp³-hybridized carbons (Fsp3) is 0.333. The van der Waals surface area contributed by atoms with Gasteiger partial charge >= 0.3 is 0 Å². The van der Waals surface area contributed by atoms with Crippen molar-refractivity contribution in [2.75, 3.05) is 0 Å². The van der Waals surface area contributed by atoms with Crippen LogP contribution in [-0.4, -0.2) is 14.8 Å². The standard InChI is InChI=1S/C12H15FN4S/c1-7-4-11(9(8(2)14)5-10(7)13)18-12-15-6-16-17(12)3/h4-6,8H,14H2,1-3H3/t8-/m1/s1. The Morgan fingerprint density at radius 3 is 2.72 bits per heavy atom. The van der Waals surface area contributed by atoms with Gasteiger partial charge in [-0.15, -0.1) is 0 Å². The van der Waals surface area contributed by atoms with Gasteiger partial charge in [-0.1, -0.05) is 0 Å². The lowest BCUT2D eigenvalue weighted by atomic mass is 10.1. The van der Waals surface area contributed by atoms with Crippen LogP contribution in [0.1, 0.15) is 24.1 Å². The minimum absolute atomic E-state index is 0.226. The van der Waals surface area contributed by atoms with E-state index in [0.717, 1.165) is 15.6 Å². The maximum Gasteiger partial charge on any atom is 0.190 e. The molecule has 0 amide bonds. The van der Waals surface area contributed by atoms with E-state index in [1.807, 2.05) is 14.0 Å². The van der Waals surface area contributed by atoms with Crippen LogP contribution in [0.2, 0.25) is 0 Å². The van der Waals surface area contributed by atoms with Gasteiger partial charge in [0.15, 0.2) is 5.16 Å². The molecule has 4 nitrogen and oxygen atoms in total. The predicted octanol–water partition coefficient (Wildman–Crippen LogP) is 2.43. The van der Waals surface area contributed by atoms with Gasteiger partial charge in [0.2, 0.25) is 0 Å². The first-order valence-corrected chi connectivity index (χ1v) is 6.38. The molecule has 0 aliphatic carbocycles. The lowest BCUT2D eigenvalue weighted by Crippen LogP contribution is -2.08. The highest BCUT2D eigenvalue weighted by Gasteiger charge is 2.14. The number of hydrogen-bond acceptors (Lipinski definition) is 4. The highest BCUT2D eigenvalue weighted by molar-refractivity contribution is 7.99. The van der Waals surface area contributed by atoms with Crippen LogP contribution in [0.4, 0.5) is 4.39 Å². The summed E-state index contributed by atoms with van der Waals surface area (Å²) in [6, 6.07) is 3.07. The molecule has 0 unspecified atom stereocenters. The zero-order valence-corrected chi connectivity index (χ0v) is 11.3. The van der Waals surface area contributed by atoms with E-state index in [2.05, 4.69) is 10.1 Å². The van der Waals surface area contributed by atoms with Crippen LogP contribution in [0.5, 0.6) is 0 Å². The van der Waals surface area contributed by atoms with Crippen LogP contribution in [-0.2, 0) is 7.05 Å². The smallest absolute Gasteiger partial charge is 0.190 e. The average Bonchev–Trinajstić information content (AvgIpc) is 2.69. The largest absolute Gasteiger partial charge is 0.324 e. The number of nitrogens with two attached hydrogens (primary N) is 1. The van der Waals surface area contributed by atoms with Gasteiger partial charge in [-0.3, -0.25) is 0 Å². The first kappa shape index (κ1) is 13.0. The topological polar surface area (TPSA) is 56.7 Å². The molecule has 6 heteroatoms. The highest BCUT2D eigenvalue weighted by atomic mass is 32.2. The monoisotopic (exact) mass is 266 g/mol. The van der Waals surface area contributed by atoms with E-state index in [0.29, 0.717) is 5.56 Å². The Labute approximate surface area is 109 Å². The van der Waals surface area contributed by atoms with Gasteiger partial charge in [-0.05, 0) is 48.9 Å². The maximum atomic E-state index is 13.6. The summed E-state index contributed by atoms with van der Waals surface area (Å²) in [7, 11) is 1.82. The summed E-state index contributed by atoms with van der Waals surface area (Å²) in [5.74, 6) is -0.232. The van der Waals surface area contributed by atoms with E-state index in [1.54, 1.807) is 17.7 Å². The van der Waals surface area contributed by atoms with E-state index in [4.69, 9.17) is 5.73 Å². The van der Waals surface area contributed by atoms with Crippen molar-refractivity contribution in [3.05, 3.63) is 35.4 Å². The summed E-state index contributed by atoms with van der Waals surface area (Å²) in [6.07, 6.45) is 1.49. The maximum absolute atomic E-state index is 13.6. The van der Waals surface area contributed by atoms with Crippen molar-refractivity contribution >= 4 is 11.8 Å². The molecule has 0 aliphatic rings. The number of aromatic nitrogens is 3. The number of halogens is 1. The van der Waals surface area contributed by atoms with Crippen LogP contribution in [0.25, 0.3) is 0 Å². The molecule has 2 N–H and O–H groups in total. The molecule has 0 saturated carbocycles. The molecule has 1 aromatic carbocycles. The van der Waals surface area contributed by atoms with Crippen molar-refractivity contribution < 1.29 is 4.39 Å². The van der Waals surface area contributed by atoms with Crippen LogP contribution in [0, 0.1) is 12.7 Å². The fourth-order valence-corrected chi connectivity index (χ4v) is 2.67. The number of nitrogens with zero attached hydrogens (tertiary/aromatic N) is 3. The lowest BCUT2D eigenvalue weighted by Gasteiger charge is -2.13. The lowest BCUT2D eigenvalue weighted by molar-refractivity contribution is 0.609. The summed E-state index contributed by atoms with van der Waals surface area (Å²) >= 11 is 1.44. The molecule has 1 aromatic heterocycles. The molecule has 0 aliphatic heterocycles. The third-order valence-electron chi connectivity index (χ3n) is 2.65. The van der Waals surface area contributed by atoms with Gasteiger partial charge < -0.3 is 5.73 Å². The fourth-order valence-electron chi connectivity index (χ4n) is 1.59. The Bertz CT molecular complexity index is 565. The van der Waals surface area contributed by atoms with Gasteiger partial charge in [0.05, 0.1) is 0 Å². The second-order valence-corrected chi connectivity index (χ2v) is 5.21. The van der Waals surface area contributed by atoms with E-state index < -0.39 is 0 Å². The van der Waals surface area contributed by atoms with Crippen molar-refractivity contribution in [2.45, 2.75) is 29.9 Å². The highest BCUT2D eigenvalue weighted by Crippen LogP contribution is 2.33. The van der Waals surface area contributed by atoms with E-state index >= 15 is 0 Å². The van der Waals surface area contributed by atoms with Crippen LogP contribution < -0.4 is 5.73 Å². The molecule has 1 atom stereocenters. The van der Waals surface area contributed by atoms with Gasteiger partial charge in [0.25, 0.3) is 0 Å². The van der Waals surface area contributed by atoms with Crippen molar-refractivity contribution in [2.24, 2.45) is 12.8 Å². The third kappa shape index (κ3) is 2.54. The van der Waals surface area contributed by atoms with Crippen molar-refractivity contribution in [1.82, 2.24) is 14.8 Å². The van der Waals surface area contributed by atoms with E-state index in [-0.39, 0.29) is 11.9 Å². The Morgan fingerprint density at radius 1 is 1.44 bits per heavy atom. The minimum Gasteiger partial charge on any atom is -0.324 e. The molecule has 2 aromatic rings. The van der Waals surface area contributed by atoms with Crippen LogP contribution in [0.3, 0.4) is 0 Å².